The summed E-state index contributed by atoms with van der Waals surface area (Å²) in [5.41, 5.74) is 3.93. The molecule has 76 valence electrons. The smallest absolute Gasteiger partial charge is 0.0273 e. The second-order valence-electron chi connectivity index (χ2n) is 3.69. The molecule has 2 aromatic rings. The number of nitrogens with zero attached hydrogens (tertiary/aromatic N) is 1. The Morgan fingerprint density at radius 3 is 2.53 bits per heavy atom. The molecular weight excluding hydrogens is 182 g/mol. The van der Waals surface area contributed by atoms with E-state index >= 15 is 0 Å². The van der Waals surface area contributed by atoms with Crippen molar-refractivity contribution in [2.24, 2.45) is 0 Å². The van der Waals surface area contributed by atoms with Crippen LogP contribution in [0, 0.1) is 0 Å². The lowest BCUT2D eigenvalue weighted by Gasteiger charge is -2.04. The van der Waals surface area contributed by atoms with Gasteiger partial charge in [-0.15, -0.1) is 0 Å². The van der Waals surface area contributed by atoms with Gasteiger partial charge in [-0.3, -0.25) is 4.98 Å². The highest BCUT2D eigenvalue weighted by atomic mass is 14.6. The van der Waals surface area contributed by atoms with Gasteiger partial charge in [0.2, 0.25) is 0 Å². The van der Waals surface area contributed by atoms with Crippen LogP contribution in [0.4, 0.5) is 0 Å². The van der Waals surface area contributed by atoms with Crippen LogP contribution in [0.3, 0.4) is 0 Å². The van der Waals surface area contributed by atoms with Gasteiger partial charge in [0.15, 0.2) is 0 Å². The lowest BCUT2D eigenvalue weighted by molar-refractivity contribution is 0.922. The summed E-state index contributed by atoms with van der Waals surface area (Å²) in [7, 11) is 0. The van der Waals surface area contributed by atoms with Gasteiger partial charge in [0, 0.05) is 12.4 Å². The molecule has 1 nitrogen and oxygen atoms in total. The van der Waals surface area contributed by atoms with E-state index in [0.717, 1.165) is 6.42 Å². The maximum Gasteiger partial charge on any atom is 0.0273 e. The maximum atomic E-state index is 4.03. The van der Waals surface area contributed by atoms with Crippen LogP contribution in [-0.4, -0.2) is 4.98 Å². The molecule has 0 unspecified atom stereocenters. The summed E-state index contributed by atoms with van der Waals surface area (Å²) in [6.07, 6.45) is 6.02. The van der Waals surface area contributed by atoms with Crippen molar-refractivity contribution in [1.29, 1.82) is 0 Å². The number of pyridine rings is 1. The minimum atomic E-state index is 1.15. The van der Waals surface area contributed by atoms with Crippen molar-refractivity contribution in [3.63, 3.8) is 0 Å². The van der Waals surface area contributed by atoms with Crippen LogP contribution in [-0.2, 0) is 6.42 Å². The van der Waals surface area contributed by atoms with Crippen LogP contribution in [0.5, 0.6) is 0 Å². The van der Waals surface area contributed by atoms with Crippen molar-refractivity contribution < 1.29 is 0 Å². The van der Waals surface area contributed by atoms with Gasteiger partial charge in [-0.25, -0.2) is 0 Å². The number of benzene rings is 1. The van der Waals surface area contributed by atoms with E-state index in [1.807, 2.05) is 24.5 Å². The van der Waals surface area contributed by atoms with E-state index in [9.17, 15) is 0 Å². The molecule has 1 aromatic carbocycles. The molecule has 0 aliphatic rings. The fourth-order valence-electron chi connectivity index (χ4n) is 1.74. The van der Waals surface area contributed by atoms with Crippen LogP contribution in [0.2, 0.25) is 0 Å². The second-order valence-corrected chi connectivity index (χ2v) is 3.69. The monoisotopic (exact) mass is 197 g/mol. The predicted molar refractivity (Wildman–Crippen MR) is 63.7 cm³/mol. The summed E-state index contributed by atoms with van der Waals surface area (Å²) in [5.74, 6) is 0. The molecular formula is C14H15N. The quantitative estimate of drug-likeness (QED) is 0.731. The van der Waals surface area contributed by atoms with Crippen molar-refractivity contribution in [2.45, 2.75) is 19.8 Å². The zero-order chi connectivity index (χ0) is 10.5. The fourth-order valence-corrected chi connectivity index (χ4v) is 1.74. The zero-order valence-corrected chi connectivity index (χ0v) is 8.98. The number of aromatic nitrogens is 1. The summed E-state index contributed by atoms with van der Waals surface area (Å²) in [6.45, 7) is 2.21. The largest absolute Gasteiger partial charge is 0.265 e. The first kappa shape index (κ1) is 9.91. The average molecular weight is 197 g/mol. The molecule has 0 atom stereocenters. The van der Waals surface area contributed by atoms with Gasteiger partial charge >= 0.3 is 0 Å². The third-order valence-electron chi connectivity index (χ3n) is 2.48. The molecule has 1 heterocycles. The van der Waals surface area contributed by atoms with E-state index in [2.05, 4.69) is 36.2 Å². The molecule has 0 radical (unpaired) electrons. The second kappa shape index (κ2) is 4.74. The Morgan fingerprint density at radius 1 is 1.00 bits per heavy atom. The molecule has 0 N–H and O–H groups in total. The highest BCUT2D eigenvalue weighted by Crippen LogP contribution is 2.19. The van der Waals surface area contributed by atoms with E-state index in [1.54, 1.807) is 0 Å². The Balaban J connectivity index is 2.33. The first-order valence-electron chi connectivity index (χ1n) is 5.39. The average Bonchev–Trinajstić information content (AvgIpc) is 2.31. The molecule has 15 heavy (non-hydrogen) atoms. The predicted octanol–water partition coefficient (Wildman–Crippen LogP) is 3.70. The molecule has 1 heteroatoms. The maximum absolute atomic E-state index is 4.03. The number of rotatable bonds is 3. The van der Waals surface area contributed by atoms with Gasteiger partial charge < -0.3 is 0 Å². The Bertz CT molecular complexity index is 420. The molecule has 0 saturated carbocycles. The van der Waals surface area contributed by atoms with Crippen molar-refractivity contribution >= 4 is 0 Å². The molecule has 0 aliphatic heterocycles. The van der Waals surface area contributed by atoms with Crippen molar-refractivity contribution in [3.05, 3.63) is 54.4 Å². The Labute approximate surface area is 90.8 Å². The molecule has 0 bridgehead atoms. The summed E-state index contributed by atoms with van der Waals surface area (Å²) in [4.78, 5) is 4.03. The van der Waals surface area contributed by atoms with E-state index in [4.69, 9.17) is 0 Å². The highest BCUT2D eigenvalue weighted by Gasteiger charge is 1.97. The number of hydrogen-bond acceptors (Lipinski definition) is 1. The van der Waals surface area contributed by atoms with E-state index in [0.29, 0.717) is 0 Å². The van der Waals surface area contributed by atoms with Crippen molar-refractivity contribution in [2.75, 3.05) is 0 Å². The van der Waals surface area contributed by atoms with Gasteiger partial charge in [0.25, 0.3) is 0 Å². The normalized spacial score (nSPS) is 10.2. The molecule has 1 aromatic heterocycles. The lowest BCUT2D eigenvalue weighted by Crippen LogP contribution is -1.84. The lowest BCUT2D eigenvalue weighted by atomic mass is 10.0. The van der Waals surface area contributed by atoms with Gasteiger partial charge in [-0.1, -0.05) is 37.6 Å². The molecule has 0 fully saturated rings. The highest BCUT2D eigenvalue weighted by molar-refractivity contribution is 5.63. The van der Waals surface area contributed by atoms with Crippen LogP contribution >= 0.6 is 0 Å². The Hall–Kier alpha value is -1.63. The van der Waals surface area contributed by atoms with Crippen LogP contribution in [0.15, 0.2) is 48.8 Å². The van der Waals surface area contributed by atoms with Gasteiger partial charge in [-0.05, 0) is 35.2 Å². The standard InChI is InChI=1S/C14H15N/c1-2-4-12-5-3-6-14(11-12)13-7-9-15-10-8-13/h3,5-11H,2,4H2,1H3. The van der Waals surface area contributed by atoms with Crippen LogP contribution in [0.25, 0.3) is 11.1 Å². The number of hydrogen-bond donors (Lipinski definition) is 0. The van der Waals surface area contributed by atoms with Gasteiger partial charge in [0.1, 0.15) is 0 Å². The molecule has 0 amide bonds. The summed E-state index contributed by atoms with van der Waals surface area (Å²) >= 11 is 0. The summed E-state index contributed by atoms with van der Waals surface area (Å²) < 4.78 is 0. The molecule has 0 spiro atoms. The van der Waals surface area contributed by atoms with Crippen molar-refractivity contribution in [1.82, 2.24) is 4.98 Å². The minimum absolute atomic E-state index is 1.15. The van der Waals surface area contributed by atoms with Gasteiger partial charge in [-0.2, -0.15) is 0 Å². The minimum Gasteiger partial charge on any atom is -0.265 e. The first-order valence-corrected chi connectivity index (χ1v) is 5.39. The van der Waals surface area contributed by atoms with E-state index in [1.165, 1.54) is 23.1 Å². The third-order valence-corrected chi connectivity index (χ3v) is 2.48. The molecule has 0 aliphatic carbocycles. The van der Waals surface area contributed by atoms with E-state index < -0.39 is 0 Å². The zero-order valence-electron chi connectivity index (χ0n) is 8.98. The van der Waals surface area contributed by atoms with Crippen molar-refractivity contribution in [3.8, 4) is 11.1 Å². The first-order chi connectivity index (χ1) is 7.40. The number of aryl methyl sites for hydroxylation is 1. The summed E-state index contributed by atoms with van der Waals surface area (Å²) in [5, 5.41) is 0. The van der Waals surface area contributed by atoms with Crippen LogP contribution in [0.1, 0.15) is 18.9 Å². The molecule has 2 rings (SSSR count). The van der Waals surface area contributed by atoms with E-state index in [-0.39, 0.29) is 0 Å². The Morgan fingerprint density at radius 2 is 1.80 bits per heavy atom. The topological polar surface area (TPSA) is 12.9 Å². The fraction of sp³-hybridized carbons (Fsp3) is 0.214. The Kier molecular flexibility index (Phi) is 3.13. The third kappa shape index (κ3) is 2.44. The van der Waals surface area contributed by atoms with Gasteiger partial charge in [0.05, 0.1) is 0 Å². The van der Waals surface area contributed by atoms with Crippen LogP contribution < -0.4 is 0 Å². The molecule has 0 saturated heterocycles. The summed E-state index contributed by atoms with van der Waals surface area (Å²) in [6, 6.07) is 12.8. The SMILES string of the molecule is CCCc1cccc(-c2ccncc2)c1.